The Morgan fingerprint density at radius 2 is 1.29 bits per heavy atom. The van der Waals surface area contributed by atoms with Gasteiger partial charge in [0.15, 0.2) is 28.6 Å². The molecular formula is C25H9Cl6NO9. The van der Waals surface area contributed by atoms with Crippen LogP contribution >= 0.6 is 69.6 Å². The first-order valence-electron chi connectivity index (χ1n) is 11.0. The van der Waals surface area contributed by atoms with Crippen molar-refractivity contribution < 1.29 is 44.3 Å². The van der Waals surface area contributed by atoms with Gasteiger partial charge in [-0.05, 0) is 18.2 Å². The molecule has 1 aromatic heterocycles. The van der Waals surface area contributed by atoms with Crippen molar-refractivity contribution in [2.45, 2.75) is 5.60 Å². The molecule has 0 unspecified atom stereocenters. The van der Waals surface area contributed by atoms with Crippen LogP contribution in [-0.2, 0) is 10.3 Å². The van der Waals surface area contributed by atoms with Crippen molar-refractivity contribution in [2.75, 3.05) is 0 Å². The molecule has 0 saturated carbocycles. The van der Waals surface area contributed by atoms with Crippen molar-refractivity contribution in [2.24, 2.45) is 0 Å². The van der Waals surface area contributed by atoms with Gasteiger partial charge in [-0.25, -0.2) is 9.59 Å². The number of esters is 1. The summed E-state index contributed by atoms with van der Waals surface area (Å²) >= 11 is 38.5. The van der Waals surface area contributed by atoms with Crippen molar-refractivity contribution in [3.05, 3.63) is 88.3 Å². The molecule has 6 rings (SSSR count). The van der Waals surface area contributed by atoms with E-state index in [2.05, 4.69) is 0 Å². The number of carbonyl (C=O) groups excluding carboxylic acids is 2. The molecule has 0 bridgehead atoms. The van der Waals surface area contributed by atoms with Crippen molar-refractivity contribution in [3.63, 3.8) is 0 Å². The minimum atomic E-state index is -2.16. The topological polar surface area (TPSA) is 148 Å². The molecule has 0 atom stereocenters. The zero-order valence-electron chi connectivity index (χ0n) is 19.4. The highest BCUT2D eigenvalue weighted by Crippen LogP contribution is 2.64. The number of hydrogen-bond acceptors (Lipinski definition) is 9. The second-order valence-corrected chi connectivity index (χ2v) is 11.0. The number of benzene rings is 3. The third-order valence-corrected chi connectivity index (χ3v) is 8.44. The van der Waals surface area contributed by atoms with Gasteiger partial charge in [0.2, 0.25) is 11.8 Å². The summed E-state index contributed by atoms with van der Waals surface area (Å²) in [6, 6.07) is 5.51. The lowest BCUT2D eigenvalue weighted by Gasteiger charge is -2.38. The van der Waals surface area contributed by atoms with E-state index in [4.69, 9.17) is 83.9 Å². The fourth-order valence-electron chi connectivity index (χ4n) is 4.70. The second kappa shape index (κ2) is 9.32. The van der Waals surface area contributed by atoms with Crippen molar-refractivity contribution >= 4 is 81.5 Å². The van der Waals surface area contributed by atoms with Crippen LogP contribution in [0, 0.1) is 0 Å². The van der Waals surface area contributed by atoms with Crippen LogP contribution in [0.25, 0.3) is 0 Å². The van der Waals surface area contributed by atoms with Crippen LogP contribution in [-0.4, -0.2) is 37.1 Å². The highest BCUT2D eigenvalue weighted by Gasteiger charge is 2.58. The Bertz CT molecular complexity index is 1800. The quantitative estimate of drug-likeness (QED) is 0.163. The average Bonchev–Trinajstić information content (AvgIpc) is 3.41. The summed E-state index contributed by atoms with van der Waals surface area (Å²) in [5.74, 6) is -5.20. The molecule has 0 radical (unpaired) electrons. The van der Waals surface area contributed by atoms with Gasteiger partial charge in [0, 0.05) is 17.7 Å². The van der Waals surface area contributed by atoms with Crippen LogP contribution in [0.1, 0.15) is 37.4 Å². The lowest BCUT2D eigenvalue weighted by molar-refractivity contribution is 0.0224. The zero-order valence-corrected chi connectivity index (χ0v) is 24.0. The average molecular weight is 680 g/mol. The predicted molar refractivity (Wildman–Crippen MR) is 147 cm³/mol. The van der Waals surface area contributed by atoms with E-state index in [0.717, 1.165) is 18.2 Å². The van der Waals surface area contributed by atoms with Gasteiger partial charge in [0.25, 0.3) is 0 Å². The van der Waals surface area contributed by atoms with Gasteiger partial charge in [-0.1, -0.05) is 69.6 Å². The smallest absolute Gasteiger partial charge is 0.365 e. The van der Waals surface area contributed by atoms with Crippen LogP contribution in [0.5, 0.6) is 34.8 Å². The fourth-order valence-corrected chi connectivity index (χ4v) is 6.33. The summed E-state index contributed by atoms with van der Waals surface area (Å²) in [6.07, 6.45) is 0. The highest BCUT2D eigenvalue weighted by atomic mass is 35.5. The number of hydrogen-bond donors (Lipinski definition) is 4. The van der Waals surface area contributed by atoms with E-state index in [-0.39, 0.29) is 48.8 Å². The fraction of sp³-hybridized carbons (Fsp3) is 0.0400. The summed E-state index contributed by atoms with van der Waals surface area (Å²) in [7, 11) is 0. The molecule has 16 heteroatoms. The van der Waals surface area contributed by atoms with Crippen molar-refractivity contribution in [1.29, 1.82) is 0 Å². The molecule has 4 aromatic rings. The minimum Gasteiger partial charge on any atom is -0.505 e. The number of phenols is 2. The summed E-state index contributed by atoms with van der Waals surface area (Å²) in [5.41, 5.74) is -3.24. The Hall–Kier alpha value is -3.38. The summed E-state index contributed by atoms with van der Waals surface area (Å²) in [6.45, 7) is 0. The standard InChI is InChI=1S/C25H9Cl6NO9/c26-9-3-6(23(37)41-32-12(33)1-2-13(32)34)16(29)15-14(9)24(38)40-25(15)7-4-10(27)19(35)17(30)21(7)39-22-8(25)5-11(28)20(36)18(22)31/h1-5,33-36H. The number of phenolic OH excluding ortho intramolecular Hbond substituents is 2. The molecule has 2 aliphatic rings. The molecule has 210 valence electrons. The Labute approximate surface area is 258 Å². The lowest BCUT2D eigenvalue weighted by atomic mass is 9.77. The molecule has 41 heavy (non-hydrogen) atoms. The first-order valence-corrected chi connectivity index (χ1v) is 13.2. The molecule has 0 aliphatic carbocycles. The third-order valence-electron chi connectivity index (χ3n) is 6.47. The van der Waals surface area contributed by atoms with E-state index in [0.29, 0.717) is 4.73 Å². The van der Waals surface area contributed by atoms with Gasteiger partial charge in [-0.3, -0.25) is 0 Å². The van der Waals surface area contributed by atoms with Crippen LogP contribution in [0.4, 0.5) is 0 Å². The molecule has 3 heterocycles. The number of aromatic hydroxyl groups is 4. The molecule has 0 saturated heterocycles. The first kappa shape index (κ1) is 27.8. The highest BCUT2D eigenvalue weighted by molar-refractivity contribution is 6.41. The van der Waals surface area contributed by atoms with Gasteiger partial charge in [-0.15, -0.1) is 4.73 Å². The van der Waals surface area contributed by atoms with Crippen LogP contribution in [0.3, 0.4) is 0 Å². The van der Waals surface area contributed by atoms with Crippen molar-refractivity contribution in [1.82, 2.24) is 4.73 Å². The van der Waals surface area contributed by atoms with E-state index < -0.39 is 61.4 Å². The van der Waals surface area contributed by atoms with E-state index in [9.17, 15) is 30.0 Å². The van der Waals surface area contributed by atoms with E-state index in [1.807, 2.05) is 0 Å². The molecule has 0 fully saturated rings. The maximum Gasteiger partial charge on any atom is 0.365 e. The normalized spacial score (nSPS) is 14.2. The van der Waals surface area contributed by atoms with Gasteiger partial charge in [0.1, 0.15) is 10.0 Å². The Morgan fingerprint density at radius 3 is 1.80 bits per heavy atom. The van der Waals surface area contributed by atoms with Crippen LogP contribution < -0.4 is 9.57 Å². The summed E-state index contributed by atoms with van der Waals surface area (Å²) in [4.78, 5) is 31.7. The van der Waals surface area contributed by atoms with Gasteiger partial charge >= 0.3 is 11.9 Å². The first-order chi connectivity index (χ1) is 19.3. The van der Waals surface area contributed by atoms with Crippen LogP contribution in [0.2, 0.25) is 30.1 Å². The van der Waals surface area contributed by atoms with Gasteiger partial charge in [0.05, 0.1) is 42.3 Å². The SMILES string of the molecule is O=C(On1c(O)ccc1O)c1cc(Cl)c2c(c1Cl)C1(OC2=O)c2cc(Cl)c(O)c(Cl)c2Oc2c1cc(Cl)c(O)c2Cl. The number of fused-ring (bicyclic) bond motifs is 6. The maximum atomic E-state index is 13.4. The molecule has 2 aliphatic heterocycles. The Kier molecular flexibility index (Phi) is 6.31. The maximum absolute atomic E-state index is 13.4. The number of halogens is 6. The Morgan fingerprint density at radius 1 is 0.780 bits per heavy atom. The summed E-state index contributed by atoms with van der Waals surface area (Å²) in [5, 5.41) is 38.6. The zero-order chi connectivity index (χ0) is 29.7. The molecule has 4 N–H and O–H groups in total. The summed E-state index contributed by atoms with van der Waals surface area (Å²) < 4.78 is 12.2. The van der Waals surface area contributed by atoms with Crippen LogP contribution in [0.15, 0.2) is 30.3 Å². The monoisotopic (exact) mass is 677 g/mol. The number of ether oxygens (including phenoxy) is 2. The van der Waals surface area contributed by atoms with E-state index in [1.54, 1.807) is 0 Å². The van der Waals surface area contributed by atoms with Crippen molar-refractivity contribution in [3.8, 4) is 34.8 Å². The predicted octanol–water partition coefficient (Wildman–Crippen LogP) is 7.07. The number of nitrogens with zero attached hydrogens (tertiary/aromatic N) is 1. The molecular weight excluding hydrogens is 671 g/mol. The van der Waals surface area contributed by atoms with E-state index >= 15 is 0 Å². The third kappa shape index (κ3) is 3.72. The number of carbonyl (C=O) groups is 2. The number of aromatic nitrogens is 1. The Balaban J connectivity index is 1.71. The van der Waals surface area contributed by atoms with E-state index in [1.165, 1.54) is 12.1 Å². The lowest BCUT2D eigenvalue weighted by Crippen LogP contribution is -2.34. The molecule has 1 spiro atoms. The molecule has 3 aromatic carbocycles. The molecule has 0 amide bonds. The largest absolute Gasteiger partial charge is 0.505 e. The minimum absolute atomic E-state index is 0.0769. The van der Waals surface area contributed by atoms with Gasteiger partial charge in [-0.2, -0.15) is 0 Å². The molecule has 10 nitrogen and oxygen atoms in total. The number of rotatable bonds is 2. The van der Waals surface area contributed by atoms with Gasteiger partial charge < -0.3 is 34.7 Å². The second-order valence-electron chi connectivity index (χ2n) is 8.66.